The normalized spacial score (nSPS) is 18.5. The molecule has 1 fully saturated rings. The van der Waals surface area contributed by atoms with Crippen LogP contribution in [0, 0.1) is 12.8 Å². The number of nitrogens with one attached hydrogen (secondary N) is 1. The van der Waals surface area contributed by atoms with Gasteiger partial charge in [0.25, 0.3) is 0 Å². The van der Waals surface area contributed by atoms with E-state index < -0.39 is 0 Å². The number of likely N-dealkylation sites (tertiary alicyclic amines) is 1. The Morgan fingerprint density at radius 1 is 1.29 bits per heavy atom. The van der Waals surface area contributed by atoms with E-state index in [1.807, 2.05) is 7.05 Å². The number of nitrogens with zero attached hydrogens (tertiary/aromatic N) is 3. The van der Waals surface area contributed by atoms with Crippen LogP contribution in [-0.2, 0) is 6.54 Å². The van der Waals surface area contributed by atoms with Crippen molar-refractivity contribution in [3.63, 3.8) is 0 Å². The molecule has 0 amide bonds. The monoisotopic (exact) mass is 330 g/mol. The van der Waals surface area contributed by atoms with Gasteiger partial charge in [0.15, 0.2) is 0 Å². The van der Waals surface area contributed by atoms with Crippen LogP contribution in [0.3, 0.4) is 0 Å². The van der Waals surface area contributed by atoms with Gasteiger partial charge in [0.2, 0.25) is 0 Å². The summed E-state index contributed by atoms with van der Waals surface area (Å²) < 4.78 is 2.13. The molecule has 0 aromatic carbocycles. The topological polar surface area (TPSA) is 32.6 Å². The summed E-state index contributed by atoms with van der Waals surface area (Å²) in [5.41, 5.74) is 3.49. The van der Waals surface area contributed by atoms with Gasteiger partial charge in [-0.05, 0) is 51.0 Å². The molecular formula is C15H24Cl2N4. The molecule has 0 spiro atoms. The minimum atomic E-state index is 0. The fourth-order valence-corrected chi connectivity index (χ4v) is 2.97. The van der Waals surface area contributed by atoms with Crippen LogP contribution in [0.2, 0.25) is 0 Å². The maximum absolute atomic E-state index is 4.69. The minimum Gasteiger partial charge on any atom is -0.319 e. The zero-order valence-electron chi connectivity index (χ0n) is 12.6. The van der Waals surface area contributed by atoms with Crippen LogP contribution in [0.15, 0.2) is 24.5 Å². The van der Waals surface area contributed by atoms with Gasteiger partial charge in [0, 0.05) is 25.5 Å². The Hall–Kier alpha value is -0.810. The summed E-state index contributed by atoms with van der Waals surface area (Å²) in [6.07, 6.45) is 5.60. The largest absolute Gasteiger partial charge is 0.319 e. The van der Waals surface area contributed by atoms with Crippen molar-refractivity contribution in [3.05, 3.63) is 35.8 Å². The lowest BCUT2D eigenvalue weighted by Crippen LogP contribution is -2.24. The number of fused-ring (bicyclic) bond motifs is 1. The fraction of sp³-hybridized carbons (Fsp3) is 0.533. The Morgan fingerprint density at radius 3 is 2.86 bits per heavy atom. The molecule has 6 heteroatoms. The van der Waals surface area contributed by atoms with Crippen molar-refractivity contribution in [1.29, 1.82) is 0 Å². The summed E-state index contributed by atoms with van der Waals surface area (Å²) in [6.45, 7) is 6.59. The quantitative estimate of drug-likeness (QED) is 0.934. The molecular weight excluding hydrogens is 307 g/mol. The van der Waals surface area contributed by atoms with E-state index in [0.29, 0.717) is 0 Å². The molecule has 1 saturated heterocycles. The Bertz CT molecular complexity index is 570. The van der Waals surface area contributed by atoms with E-state index in [1.54, 1.807) is 0 Å². The van der Waals surface area contributed by atoms with Crippen molar-refractivity contribution in [2.75, 3.05) is 26.7 Å². The average Bonchev–Trinajstić information content (AvgIpc) is 2.96. The first-order valence-corrected chi connectivity index (χ1v) is 7.06. The van der Waals surface area contributed by atoms with Gasteiger partial charge < -0.3 is 9.72 Å². The van der Waals surface area contributed by atoms with E-state index in [-0.39, 0.29) is 24.8 Å². The highest BCUT2D eigenvalue weighted by Crippen LogP contribution is 2.18. The molecule has 0 saturated carbocycles. The molecule has 3 rings (SSSR count). The molecule has 1 unspecified atom stereocenters. The summed E-state index contributed by atoms with van der Waals surface area (Å²) in [5.74, 6) is 0.796. The molecule has 0 radical (unpaired) electrons. The number of hydrogen-bond acceptors (Lipinski definition) is 3. The molecule has 0 bridgehead atoms. The minimum absolute atomic E-state index is 0. The van der Waals surface area contributed by atoms with Crippen molar-refractivity contribution >= 4 is 30.5 Å². The lowest BCUT2D eigenvalue weighted by molar-refractivity contribution is 0.312. The van der Waals surface area contributed by atoms with Crippen LogP contribution in [0.4, 0.5) is 0 Å². The number of hydrogen-bond donors (Lipinski definition) is 1. The predicted molar refractivity (Wildman–Crippen MR) is 91.7 cm³/mol. The molecule has 2 aromatic heterocycles. The average molecular weight is 331 g/mol. The molecule has 3 heterocycles. The van der Waals surface area contributed by atoms with Crippen LogP contribution < -0.4 is 5.32 Å². The maximum Gasteiger partial charge on any atom is 0.137 e. The zero-order valence-corrected chi connectivity index (χ0v) is 14.2. The van der Waals surface area contributed by atoms with Gasteiger partial charge in [-0.25, -0.2) is 4.98 Å². The second-order valence-electron chi connectivity index (χ2n) is 5.65. The SMILES string of the molecule is CNCC1CCN(Cc2cn3cc(C)ccc3n2)C1.Cl.Cl. The van der Waals surface area contributed by atoms with Crippen LogP contribution >= 0.6 is 24.8 Å². The molecule has 1 aliphatic heterocycles. The number of aryl methyl sites for hydroxylation is 1. The molecule has 0 aliphatic carbocycles. The molecule has 1 aliphatic rings. The van der Waals surface area contributed by atoms with Crippen LogP contribution in [0.1, 0.15) is 17.7 Å². The van der Waals surface area contributed by atoms with Crippen LogP contribution in [0.25, 0.3) is 5.65 Å². The second kappa shape index (κ2) is 7.99. The van der Waals surface area contributed by atoms with E-state index in [4.69, 9.17) is 4.98 Å². The first-order chi connectivity index (χ1) is 9.24. The predicted octanol–water partition coefficient (Wildman–Crippen LogP) is 2.53. The van der Waals surface area contributed by atoms with Gasteiger partial charge in [0.1, 0.15) is 5.65 Å². The van der Waals surface area contributed by atoms with E-state index in [2.05, 4.69) is 46.1 Å². The zero-order chi connectivity index (χ0) is 13.2. The van der Waals surface area contributed by atoms with Crippen molar-refractivity contribution in [1.82, 2.24) is 19.6 Å². The van der Waals surface area contributed by atoms with Gasteiger partial charge in [0.05, 0.1) is 5.69 Å². The molecule has 1 N–H and O–H groups in total. The standard InChI is InChI=1S/C15H22N4.2ClH/c1-12-3-4-15-17-14(11-19(15)8-12)10-18-6-5-13(9-18)7-16-2;;/h3-4,8,11,13,16H,5-7,9-10H2,1-2H3;2*1H. The lowest BCUT2D eigenvalue weighted by atomic mass is 10.1. The fourth-order valence-electron chi connectivity index (χ4n) is 2.97. The van der Waals surface area contributed by atoms with Gasteiger partial charge in [-0.15, -0.1) is 24.8 Å². The Morgan fingerprint density at radius 2 is 2.10 bits per heavy atom. The maximum atomic E-state index is 4.69. The third kappa shape index (κ3) is 4.33. The van der Waals surface area contributed by atoms with Gasteiger partial charge in [-0.2, -0.15) is 0 Å². The second-order valence-corrected chi connectivity index (χ2v) is 5.65. The lowest BCUT2D eigenvalue weighted by Gasteiger charge is -2.14. The van der Waals surface area contributed by atoms with Gasteiger partial charge in [-0.1, -0.05) is 6.07 Å². The van der Waals surface area contributed by atoms with Crippen LogP contribution in [-0.4, -0.2) is 41.0 Å². The third-order valence-corrected chi connectivity index (χ3v) is 3.90. The van der Waals surface area contributed by atoms with E-state index >= 15 is 0 Å². The third-order valence-electron chi connectivity index (χ3n) is 3.90. The summed E-state index contributed by atoms with van der Waals surface area (Å²) in [4.78, 5) is 7.20. The van der Waals surface area contributed by atoms with Crippen LogP contribution in [0.5, 0.6) is 0 Å². The molecule has 4 nitrogen and oxygen atoms in total. The van der Waals surface area contributed by atoms with E-state index in [0.717, 1.165) is 24.7 Å². The number of imidazole rings is 1. The van der Waals surface area contributed by atoms with E-state index in [1.165, 1.54) is 30.8 Å². The first-order valence-electron chi connectivity index (χ1n) is 7.06. The number of pyridine rings is 1. The molecule has 21 heavy (non-hydrogen) atoms. The summed E-state index contributed by atoms with van der Waals surface area (Å²) in [7, 11) is 2.03. The number of rotatable bonds is 4. The summed E-state index contributed by atoms with van der Waals surface area (Å²) >= 11 is 0. The first kappa shape index (κ1) is 18.2. The highest BCUT2D eigenvalue weighted by atomic mass is 35.5. The van der Waals surface area contributed by atoms with Crippen molar-refractivity contribution in [2.24, 2.45) is 5.92 Å². The van der Waals surface area contributed by atoms with Crippen molar-refractivity contribution in [3.8, 4) is 0 Å². The molecule has 2 aromatic rings. The number of halogens is 2. The summed E-state index contributed by atoms with van der Waals surface area (Å²) in [5, 5.41) is 3.28. The Kier molecular flexibility index (Phi) is 6.94. The van der Waals surface area contributed by atoms with Crippen molar-refractivity contribution < 1.29 is 0 Å². The summed E-state index contributed by atoms with van der Waals surface area (Å²) in [6, 6.07) is 4.21. The van der Waals surface area contributed by atoms with Gasteiger partial charge in [-0.3, -0.25) is 4.90 Å². The Labute approximate surface area is 138 Å². The molecule has 1 atom stereocenters. The highest BCUT2D eigenvalue weighted by molar-refractivity contribution is 5.85. The molecule has 118 valence electrons. The number of aromatic nitrogens is 2. The van der Waals surface area contributed by atoms with Gasteiger partial charge >= 0.3 is 0 Å². The Balaban J connectivity index is 0.00000110. The van der Waals surface area contributed by atoms with E-state index in [9.17, 15) is 0 Å². The van der Waals surface area contributed by atoms with Crippen molar-refractivity contribution in [2.45, 2.75) is 19.9 Å². The highest BCUT2D eigenvalue weighted by Gasteiger charge is 2.22. The smallest absolute Gasteiger partial charge is 0.137 e.